The van der Waals surface area contributed by atoms with E-state index in [1.54, 1.807) is 11.3 Å². The first-order chi connectivity index (χ1) is 10.3. The summed E-state index contributed by atoms with van der Waals surface area (Å²) in [5.74, 6) is 0.886. The molecule has 2 heterocycles. The number of rotatable bonds is 5. The first kappa shape index (κ1) is 14.5. The maximum Gasteiger partial charge on any atom is 0.131 e. The lowest BCUT2D eigenvalue weighted by Gasteiger charge is -2.29. The number of piperidine rings is 1. The molecular formula is C16H21N3OS. The minimum Gasteiger partial charge on any atom is -0.487 e. The Morgan fingerprint density at radius 2 is 2.00 bits per heavy atom. The van der Waals surface area contributed by atoms with Crippen molar-refractivity contribution in [2.24, 2.45) is 5.73 Å². The lowest BCUT2D eigenvalue weighted by molar-refractivity contribution is 0.205. The van der Waals surface area contributed by atoms with Gasteiger partial charge in [-0.2, -0.15) is 0 Å². The summed E-state index contributed by atoms with van der Waals surface area (Å²) < 4.78 is 5.72. The highest BCUT2D eigenvalue weighted by atomic mass is 32.1. The number of ether oxygens (including phenoxy) is 1. The molecular weight excluding hydrogens is 282 g/mol. The smallest absolute Gasteiger partial charge is 0.131 e. The van der Waals surface area contributed by atoms with Crippen LogP contribution in [0.4, 0.5) is 0 Å². The number of nitrogens with two attached hydrogens (primary N) is 1. The van der Waals surface area contributed by atoms with Crippen molar-refractivity contribution in [3.05, 3.63) is 46.4 Å². The van der Waals surface area contributed by atoms with Crippen molar-refractivity contribution in [1.29, 1.82) is 0 Å². The van der Waals surface area contributed by atoms with Gasteiger partial charge in [0, 0.05) is 24.5 Å². The second-order valence-electron chi connectivity index (χ2n) is 5.45. The van der Waals surface area contributed by atoms with Crippen molar-refractivity contribution in [3.63, 3.8) is 0 Å². The first-order valence-corrected chi connectivity index (χ1v) is 8.26. The van der Waals surface area contributed by atoms with Gasteiger partial charge in [-0.15, -0.1) is 11.3 Å². The van der Waals surface area contributed by atoms with Crippen LogP contribution >= 0.6 is 11.3 Å². The van der Waals surface area contributed by atoms with Crippen LogP contribution in [0.5, 0.6) is 5.75 Å². The van der Waals surface area contributed by atoms with Crippen molar-refractivity contribution >= 4 is 11.3 Å². The normalized spacial score (nSPS) is 17.0. The third kappa shape index (κ3) is 4.27. The molecule has 0 aliphatic carbocycles. The number of thiazole rings is 1. The topological polar surface area (TPSA) is 51.4 Å². The average Bonchev–Trinajstić information content (AvgIpc) is 2.96. The predicted molar refractivity (Wildman–Crippen MR) is 85.4 cm³/mol. The molecule has 0 spiro atoms. The maximum atomic E-state index is 5.93. The SMILES string of the molecule is NC1CCN(Cc2nc(COc3ccccc3)cs2)CC1. The van der Waals surface area contributed by atoms with Gasteiger partial charge in [-0.25, -0.2) is 4.98 Å². The zero-order valence-electron chi connectivity index (χ0n) is 12.1. The maximum absolute atomic E-state index is 5.93. The van der Waals surface area contributed by atoms with Gasteiger partial charge in [0.05, 0.1) is 12.2 Å². The van der Waals surface area contributed by atoms with Crippen LogP contribution in [0.1, 0.15) is 23.5 Å². The number of nitrogens with zero attached hydrogens (tertiary/aromatic N) is 2. The summed E-state index contributed by atoms with van der Waals surface area (Å²) in [4.78, 5) is 7.09. The van der Waals surface area contributed by atoms with Gasteiger partial charge in [0.15, 0.2) is 0 Å². The Morgan fingerprint density at radius 3 is 2.76 bits per heavy atom. The molecule has 0 amide bonds. The van der Waals surface area contributed by atoms with Gasteiger partial charge in [-0.3, -0.25) is 4.90 Å². The van der Waals surface area contributed by atoms with Gasteiger partial charge in [0.25, 0.3) is 0 Å². The summed E-state index contributed by atoms with van der Waals surface area (Å²) in [5, 5.41) is 3.26. The van der Waals surface area contributed by atoms with Crippen LogP contribution in [0.2, 0.25) is 0 Å². The highest BCUT2D eigenvalue weighted by molar-refractivity contribution is 7.09. The van der Waals surface area contributed by atoms with E-state index < -0.39 is 0 Å². The molecule has 0 saturated carbocycles. The second kappa shape index (κ2) is 7.02. The van der Waals surface area contributed by atoms with Crippen LogP contribution in [-0.4, -0.2) is 29.0 Å². The van der Waals surface area contributed by atoms with E-state index in [-0.39, 0.29) is 0 Å². The van der Waals surface area contributed by atoms with E-state index in [0.29, 0.717) is 12.6 Å². The van der Waals surface area contributed by atoms with E-state index in [1.165, 1.54) is 0 Å². The Morgan fingerprint density at radius 1 is 1.24 bits per heavy atom. The zero-order chi connectivity index (χ0) is 14.5. The number of benzene rings is 1. The fourth-order valence-electron chi connectivity index (χ4n) is 2.46. The molecule has 2 aromatic rings. The minimum absolute atomic E-state index is 0.382. The van der Waals surface area contributed by atoms with Crippen molar-refractivity contribution in [2.75, 3.05) is 13.1 Å². The van der Waals surface area contributed by atoms with Crippen molar-refractivity contribution < 1.29 is 4.74 Å². The van der Waals surface area contributed by atoms with E-state index in [2.05, 4.69) is 15.3 Å². The zero-order valence-corrected chi connectivity index (χ0v) is 12.9. The van der Waals surface area contributed by atoms with E-state index in [9.17, 15) is 0 Å². The Kier molecular flexibility index (Phi) is 4.85. The number of likely N-dealkylation sites (tertiary alicyclic amines) is 1. The second-order valence-corrected chi connectivity index (χ2v) is 6.39. The van der Waals surface area contributed by atoms with Crippen LogP contribution in [0.3, 0.4) is 0 Å². The van der Waals surface area contributed by atoms with Gasteiger partial charge >= 0.3 is 0 Å². The molecule has 1 aromatic carbocycles. The molecule has 2 N–H and O–H groups in total. The van der Waals surface area contributed by atoms with Crippen molar-refractivity contribution in [1.82, 2.24) is 9.88 Å². The fourth-order valence-corrected chi connectivity index (χ4v) is 3.28. The minimum atomic E-state index is 0.382. The molecule has 1 aliphatic heterocycles. The van der Waals surface area contributed by atoms with Gasteiger partial charge in [-0.05, 0) is 25.0 Å². The molecule has 4 nitrogen and oxygen atoms in total. The number of hydrogen-bond acceptors (Lipinski definition) is 5. The van der Waals surface area contributed by atoms with Gasteiger partial charge in [0.1, 0.15) is 17.4 Å². The molecule has 1 aliphatic rings. The van der Waals surface area contributed by atoms with Gasteiger partial charge in [-0.1, -0.05) is 18.2 Å². The van der Waals surface area contributed by atoms with E-state index >= 15 is 0 Å². The summed E-state index contributed by atoms with van der Waals surface area (Å²) in [6.45, 7) is 3.63. The molecule has 0 atom stereocenters. The number of aromatic nitrogens is 1. The highest BCUT2D eigenvalue weighted by Crippen LogP contribution is 2.17. The van der Waals surface area contributed by atoms with Gasteiger partial charge < -0.3 is 10.5 Å². The summed E-state index contributed by atoms with van der Waals surface area (Å²) in [7, 11) is 0. The van der Waals surface area contributed by atoms with Gasteiger partial charge in [0.2, 0.25) is 0 Å². The van der Waals surface area contributed by atoms with Crippen LogP contribution in [-0.2, 0) is 13.2 Å². The Hall–Kier alpha value is -1.43. The summed E-state index contributed by atoms with van der Waals surface area (Å²) in [6.07, 6.45) is 2.19. The monoisotopic (exact) mass is 303 g/mol. The molecule has 21 heavy (non-hydrogen) atoms. The molecule has 1 fully saturated rings. The van der Waals surface area contributed by atoms with E-state index in [4.69, 9.17) is 10.5 Å². The predicted octanol–water partition coefficient (Wildman–Crippen LogP) is 2.65. The standard InChI is InChI=1S/C16H21N3OS/c17-13-6-8-19(9-7-13)10-16-18-14(12-21-16)11-20-15-4-2-1-3-5-15/h1-5,12-13H,6-11,17H2. The number of para-hydroxylation sites is 1. The Labute approximate surface area is 129 Å². The molecule has 1 saturated heterocycles. The van der Waals surface area contributed by atoms with Crippen LogP contribution in [0.15, 0.2) is 35.7 Å². The summed E-state index contributed by atoms with van der Waals surface area (Å²) in [5.41, 5.74) is 6.94. The van der Waals surface area contributed by atoms with Crippen LogP contribution in [0.25, 0.3) is 0 Å². The summed E-state index contributed by atoms with van der Waals surface area (Å²) in [6, 6.07) is 10.2. The molecule has 0 bridgehead atoms. The molecule has 0 unspecified atom stereocenters. The van der Waals surface area contributed by atoms with Crippen LogP contribution in [0, 0.1) is 0 Å². The van der Waals surface area contributed by atoms with E-state index in [0.717, 1.165) is 48.9 Å². The third-order valence-electron chi connectivity index (χ3n) is 3.72. The first-order valence-electron chi connectivity index (χ1n) is 7.38. The lowest BCUT2D eigenvalue weighted by atomic mass is 10.1. The van der Waals surface area contributed by atoms with E-state index in [1.807, 2.05) is 30.3 Å². The third-order valence-corrected chi connectivity index (χ3v) is 4.60. The van der Waals surface area contributed by atoms with Crippen molar-refractivity contribution in [2.45, 2.75) is 32.0 Å². The largest absolute Gasteiger partial charge is 0.487 e. The quantitative estimate of drug-likeness (QED) is 0.922. The van der Waals surface area contributed by atoms with Crippen molar-refractivity contribution in [3.8, 4) is 5.75 Å². The Bertz CT molecular complexity index is 550. The summed E-state index contributed by atoms with van der Waals surface area (Å²) >= 11 is 1.72. The number of hydrogen-bond donors (Lipinski definition) is 1. The lowest BCUT2D eigenvalue weighted by Crippen LogP contribution is -2.39. The average molecular weight is 303 g/mol. The molecule has 5 heteroatoms. The van der Waals surface area contributed by atoms with Crippen LogP contribution < -0.4 is 10.5 Å². The highest BCUT2D eigenvalue weighted by Gasteiger charge is 2.17. The molecule has 112 valence electrons. The molecule has 1 aromatic heterocycles. The molecule has 3 rings (SSSR count). The fraction of sp³-hybridized carbons (Fsp3) is 0.438. The molecule has 0 radical (unpaired) electrons. The Balaban J connectivity index is 1.49.